The van der Waals surface area contributed by atoms with Crippen molar-refractivity contribution in [1.29, 1.82) is 0 Å². The second kappa shape index (κ2) is 8.57. The number of carbonyl (C=O) groups excluding carboxylic acids is 1. The highest BCUT2D eigenvalue weighted by Gasteiger charge is 2.22. The Bertz CT molecular complexity index is 188. The maximum atomic E-state index is 11.5. The van der Waals surface area contributed by atoms with Crippen LogP contribution in [0.3, 0.4) is 0 Å². The highest BCUT2D eigenvalue weighted by atomic mass is 16.5. The number of rotatable bonds is 9. The summed E-state index contributed by atoms with van der Waals surface area (Å²) >= 11 is 0. The van der Waals surface area contributed by atoms with Crippen LogP contribution in [0.25, 0.3) is 0 Å². The standard InChI is InChI=1S/C13H26O3/c1-5-6-7-9-16-12(14)11-13(2,3)8-10-15-4/h5-11H2,1-4H3. The maximum absolute atomic E-state index is 11.5. The lowest BCUT2D eigenvalue weighted by Crippen LogP contribution is -2.21. The summed E-state index contributed by atoms with van der Waals surface area (Å²) in [7, 11) is 1.68. The molecule has 0 saturated carbocycles. The average molecular weight is 230 g/mol. The van der Waals surface area contributed by atoms with E-state index in [1.54, 1.807) is 7.11 Å². The summed E-state index contributed by atoms with van der Waals surface area (Å²) in [6.45, 7) is 7.53. The molecule has 3 nitrogen and oxygen atoms in total. The van der Waals surface area contributed by atoms with Gasteiger partial charge in [0, 0.05) is 13.7 Å². The number of methoxy groups -OCH3 is 1. The monoisotopic (exact) mass is 230 g/mol. The van der Waals surface area contributed by atoms with Crippen molar-refractivity contribution >= 4 is 5.97 Å². The van der Waals surface area contributed by atoms with Gasteiger partial charge in [-0.2, -0.15) is 0 Å². The van der Waals surface area contributed by atoms with Gasteiger partial charge in [0.05, 0.1) is 13.0 Å². The highest BCUT2D eigenvalue weighted by Crippen LogP contribution is 2.25. The smallest absolute Gasteiger partial charge is 0.306 e. The molecular weight excluding hydrogens is 204 g/mol. The van der Waals surface area contributed by atoms with Gasteiger partial charge in [0.2, 0.25) is 0 Å². The van der Waals surface area contributed by atoms with Crippen molar-refractivity contribution in [2.45, 2.75) is 52.9 Å². The molecule has 0 atom stereocenters. The molecule has 0 aliphatic rings. The molecule has 0 rings (SSSR count). The van der Waals surface area contributed by atoms with E-state index in [9.17, 15) is 4.79 Å². The van der Waals surface area contributed by atoms with Gasteiger partial charge in [-0.25, -0.2) is 0 Å². The second-order valence-corrected chi connectivity index (χ2v) is 5.01. The van der Waals surface area contributed by atoms with Crippen LogP contribution in [0, 0.1) is 5.41 Å². The molecule has 0 aliphatic carbocycles. The highest BCUT2D eigenvalue weighted by molar-refractivity contribution is 5.70. The van der Waals surface area contributed by atoms with Gasteiger partial charge in [0.1, 0.15) is 0 Å². The molecule has 0 saturated heterocycles. The van der Waals surface area contributed by atoms with Gasteiger partial charge < -0.3 is 9.47 Å². The number of unbranched alkanes of at least 4 members (excludes halogenated alkanes) is 2. The van der Waals surface area contributed by atoms with Crippen LogP contribution >= 0.6 is 0 Å². The Morgan fingerprint density at radius 3 is 2.44 bits per heavy atom. The molecule has 96 valence electrons. The Morgan fingerprint density at radius 2 is 1.88 bits per heavy atom. The van der Waals surface area contributed by atoms with Crippen LogP contribution in [0.15, 0.2) is 0 Å². The summed E-state index contributed by atoms with van der Waals surface area (Å²) < 4.78 is 10.2. The number of hydrogen-bond acceptors (Lipinski definition) is 3. The molecule has 0 N–H and O–H groups in total. The first-order valence-corrected chi connectivity index (χ1v) is 6.16. The van der Waals surface area contributed by atoms with E-state index in [1.165, 1.54) is 0 Å². The lowest BCUT2D eigenvalue weighted by molar-refractivity contribution is -0.146. The van der Waals surface area contributed by atoms with Crippen LogP contribution < -0.4 is 0 Å². The lowest BCUT2D eigenvalue weighted by Gasteiger charge is -2.22. The molecule has 0 aromatic carbocycles. The zero-order chi connectivity index (χ0) is 12.4. The fourth-order valence-electron chi connectivity index (χ4n) is 1.45. The number of esters is 1. The van der Waals surface area contributed by atoms with Crippen molar-refractivity contribution < 1.29 is 14.3 Å². The minimum absolute atomic E-state index is 0.0299. The maximum Gasteiger partial charge on any atom is 0.306 e. The van der Waals surface area contributed by atoms with Crippen molar-refractivity contribution in [2.24, 2.45) is 5.41 Å². The van der Waals surface area contributed by atoms with Gasteiger partial charge in [-0.05, 0) is 18.3 Å². The van der Waals surface area contributed by atoms with E-state index in [4.69, 9.17) is 9.47 Å². The van der Waals surface area contributed by atoms with E-state index in [-0.39, 0.29) is 11.4 Å². The molecule has 0 amide bonds. The Hall–Kier alpha value is -0.570. The fraction of sp³-hybridized carbons (Fsp3) is 0.923. The minimum atomic E-state index is -0.0859. The van der Waals surface area contributed by atoms with Crippen LogP contribution in [0.4, 0.5) is 0 Å². The van der Waals surface area contributed by atoms with E-state index in [0.717, 1.165) is 25.7 Å². The zero-order valence-corrected chi connectivity index (χ0v) is 11.2. The first kappa shape index (κ1) is 15.4. The first-order valence-electron chi connectivity index (χ1n) is 6.16. The fourth-order valence-corrected chi connectivity index (χ4v) is 1.45. The summed E-state index contributed by atoms with van der Waals surface area (Å²) in [5.74, 6) is -0.0859. The summed E-state index contributed by atoms with van der Waals surface area (Å²) in [5, 5.41) is 0. The van der Waals surface area contributed by atoms with Gasteiger partial charge in [-0.3, -0.25) is 4.79 Å². The molecule has 0 fully saturated rings. The van der Waals surface area contributed by atoms with E-state index < -0.39 is 0 Å². The molecule has 0 unspecified atom stereocenters. The lowest BCUT2D eigenvalue weighted by atomic mass is 9.86. The van der Waals surface area contributed by atoms with Crippen LogP contribution in [0.2, 0.25) is 0 Å². The summed E-state index contributed by atoms with van der Waals surface area (Å²) in [4.78, 5) is 11.5. The third-order valence-corrected chi connectivity index (χ3v) is 2.62. The van der Waals surface area contributed by atoms with Gasteiger partial charge >= 0.3 is 5.97 Å². The van der Waals surface area contributed by atoms with Crippen LogP contribution in [0.1, 0.15) is 52.9 Å². The van der Waals surface area contributed by atoms with Gasteiger partial charge in [-0.1, -0.05) is 33.6 Å². The molecule has 3 heteroatoms. The second-order valence-electron chi connectivity index (χ2n) is 5.01. The van der Waals surface area contributed by atoms with Gasteiger partial charge in [-0.15, -0.1) is 0 Å². The van der Waals surface area contributed by atoms with E-state index in [2.05, 4.69) is 20.8 Å². The van der Waals surface area contributed by atoms with Crippen molar-refractivity contribution in [3.8, 4) is 0 Å². The molecule has 0 radical (unpaired) electrons. The summed E-state index contributed by atoms with van der Waals surface area (Å²) in [6, 6.07) is 0. The van der Waals surface area contributed by atoms with E-state index in [1.807, 2.05) is 0 Å². The van der Waals surface area contributed by atoms with Gasteiger partial charge in [0.15, 0.2) is 0 Å². The molecule has 0 bridgehead atoms. The Kier molecular flexibility index (Phi) is 8.26. The van der Waals surface area contributed by atoms with Crippen molar-refractivity contribution in [1.82, 2.24) is 0 Å². The third kappa shape index (κ3) is 8.72. The first-order chi connectivity index (χ1) is 7.52. The van der Waals surface area contributed by atoms with Crippen LogP contribution in [0.5, 0.6) is 0 Å². The summed E-state index contributed by atoms with van der Waals surface area (Å²) in [5.41, 5.74) is -0.0299. The molecule has 0 aliphatic heterocycles. The van der Waals surface area contributed by atoms with Crippen molar-refractivity contribution in [3.63, 3.8) is 0 Å². The molecule has 16 heavy (non-hydrogen) atoms. The number of hydrogen-bond donors (Lipinski definition) is 0. The van der Waals surface area contributed by atoms with Crippen LogP contribution in [-0.4, -0.2) is 26.3 Å². The largest absolute Gasteiger partial charge is 0.466 e. The summed E-state index contributed by atoms with van der Waals surface area (Å²) in [6.07, 6.45) is 4.61. The zero-order valence-electron chi connectivity index (χ0n) is 11.2. The molecule has 0 spiro atoms. The molecule has 0 aromatic heterocycles. The molecular formula is C13H26O3. The Labute approximate surface area is 99.5 Å². The minimum Gasteiger partial charge on any atom is -0.466 e. The number of ether oxygens (including phenoxy) is 2. The van der Waals surface area contributed by atoms with E-state index in [0.29, 0.717) is 19.6 Å². The average Bonchev–Trinajstić information content (AvgIpc) is 2.21. The topological polar surface area (TPSA) is 35.5 Å². The van der Waals surface area contributed by atoms with E-state index >= 15 is 0 Å². The predicted octanol–water partition coefficient (Wildman–Crippen LogP) is 3.17. The predicted molar refractivity (Wildman–Crippen MR) is 65.4 cm³/mol. The SMILES string of the molecule is CCCCCOC(=O)CC(C)(C)CCOC. The van der Waals surface area contributed by atoms with Crippen molar-refractivity contribution in [3.05, 3.63) is 0 Å². The Morgan fingerprint density at radius 1 is 1.19 bits per heavy atom. The van der Waals surface area contributed by atoms with Crippen molar-refractivity contribution in [2.75, 3.05) is 20.3 Å². The molecule has 0 aromatic rings. The Balaban J connectivity index is 3.67. The molecule has 0 heterocycles. The number of carbonyl (C=O) groups is 1. The van der Waals surface area contributed by atoms with Gasteiger partial charge in [0.25, 0.3) is 0 Å². The third-order valence-electron chi connectivity index (χ3n) is 2.62. The normalized spacial score (nSPS) is 11.5. The van der Waals surface area contributed by atoms with Crippen LogP contribution in [-0.2, 0) is 14.3 Å². The quantitative estimate of drug-likeness (QED) is 0.451.